The van der Waals surface area contributed by atoms with Gasteiger partial charge in [0.15, 0.2) is 0 Å². The molecule has 4 amide bonds. The molecule has 0 saturated carbocycles. The smallest absolute Gasteiger partial charge is 0.326 e. The molecule has 4 unspecified atom stereocenters. The van der Waals surface area contributed by atoms with E-state index in [2.05, 4.69) is 16.0 Å². The normalized spacial score (nSPS) is 14.2. The van der Waals surface area contributed by atoms with Gasteiger partial charge in [-0.2, -0.15) is 0 Å². The Kier molecular flexibility index (Phi) is 15.7. The Labute approximate surface area is 210 Å². The summed E-state index contributed by atoms with van der Waals surface area (Å²) in [7, 11) is 0. The van der Waals surface area contributed by atoms with Gasteiger partial charge in [-0.05, 0) is 51.0 Å². The third-order valence-corrected chi connectivity index (χ3v) is 5.22. The number of carbonyl (C=O) groups excluding carboxylic acids is 4. The summed E-state index contributed by atoms with van der Waals surface area (Å²) in [4.78, 5) is 71.6. The molecule has 14 nitrogen and oxygen atoms in total. The van der Waals surface area contributed by atoms with Crippen molar-refractivity contribution in [1.82, 2.24) is 16.0 Å². The van der Waals surface area contributed by atoms with Crippen LogP contribution in [-0.4, -0.2) is 76.5 Å². The van der Waals surface area contributed by atoms with Crippen molar-refractivity contribution in [3.8, 4) is 0 Å². The van der Waals surface area contributed by atoms with E-state index in [1.807, 2.05) is 0 Å². The summed E-state index contributed by atoms with van der Waals surface area (Å²) >= 11 is 0. The molecule has 0 bridgehead atoms. The topological polar surface area (TPSA) is 257 Å². The first kappa shape index (κ1) is 32.7. The van der Waals surface area contributed by atoms with Crippen molar-refractivity contribution in [3.63, 3.8) is 0 Å². The van der Waals surface area contributed by atoms with E-state index in [0.717, 1.165) is 0 Å². The number of nitrogens with two attached hydrogens (primary N) is 3. The molecule has 0 spiro atoms. The van der Waals surface area contributed by atoms with E-state index in [9.17, 15) is 33.9 Å². The number of carbonyl (C=O) groups is 6. The molecule has 36 heavy (non-hydrogen) atoms. The van der Waals surface area contributed by atoms with E-state index in [-0.39, 0.29) is 44.4 Å². The van der Waals surface area contributed by atoms with Crippen LogP contribution in [0.15, 0.2) is 0 Å². The van der Waals surface area contributed by atoms with E-state index >= 15 is 0 Å². The summed E-state index contributed by atoms with van der Waals surface area (Å²) in [5, 5.41) is 25.5. The molecule has 4 atom stereocenters. The number of amides is 4. The molecule has 11 N–H and O–H groups in total. The minimum absolute atomic E-state index is 0.0651. The van der Waals surface area contributed by atoms with Crippen molar-refractivity contribution in [2.75, 3.05) is 6.54 Å². The van der Waals surface area contributed by atoms with Gasteiger partial charge in [0.25, 0.3) is 0 Å². The van der Waals surface area contributed by atoms with E-state index in [4.69, 9.17) is 22.3 Å². The van der Waals surface area contributed by atoms with Gasteiger partial charge in [0.2, 0.25) is 23.6 Å². The second-order valence-electron chi connectivity index (χ2n) is 8.98. The zero-order chi connectivity index (χ0) is 27.8. The van der Waals surface area contributed by atoms with Crippen molar-refractivity contribution >= 4 is 35.6 Å². The number of aliphatic carboxylic acids is 2. The predicted molar refractivity (Wildman–Crippen MR) is 129 cm³/mol. The fourth-order valence-electron chi connectivity index (χ4n) is 3.24. The van der Waals surface area contributed by atoms with Gasteiger partial charge in [0.1, 0.15) is 18.1 Å². The molecule has 0 aliphatic carbocycles. The molecule has 0 aromatic heterocycles. The molecule has 0 aromatic rings. The number of carboxylic acid groups (broad SMARTS) is 2. The number of rotatable bonds is 19. The molecule has 0 saturated heterocycles. The van der Waals surface area contributed by atoms with Gasteiger partial charge in [-0.1, -0.05) is 13.8 Å². The maximum atomic E-state index is 13.0. The van der Waals surface area contributed by atoms with Gasteiger partial charge in [0.05, 0.1) is 6.04 Å². The number of unbranched alkanes of at least 4 members (excludes halogenated alkanes) is 1. The van der Waals surface area contributed by atoms with Gasteiger partial charge in [-0.3, -0.25) is 24.0 Å². The highest BCUT2D eigenvalue weighted by molar-refractivity contribution is 5.94. The lowest BCUT2D eigenvalue weighted by Gasteiger charge is -2.26. The average Bonchev–Trinajstić information content (AvgIpc) is 2.77. The van der Waals surface area contributed by atoms with Crippen molar-refractivity contribution in [2.45, 2.75) is 89.4 Å². The number of hydrogen-bond acceptors (Lipinski definition) is 8. The van der Waals surface area contributed by atoms with Crippen LogP contribution in [0.2, 0.25) is 0 Å². The van der Waals surface area contributed by atoms with E-state index in [1.54, 1.807) is 13.8 Å². The predicted octanol–water partition coefficient (Wildman–Crippen LogP) is -1.84. The fourth-order valence-corrected chi connectivity index (χ4v) is 3.24. The Hall–Kier alpha value is -3.26. The summed E-state index contributed by atoms with van der Waals surface area (Å²) in [6, 6.07) is -4.74. The zero-order valence-electron chi connectivity index (χ0n) is 20.8. The third kappa shape index (κ3) is 14.2. The summed E-state index contributed by atoms with van der Waals surface area (Å²) in [6.45, 7) is 3.97. The first-order chi connectivity index (χ1) is 16.8. The van der Waals surface area contributed by atoms with E-state index in [1.165, 1.54) is 0 Å². The van der Waals surface area contributed by atoms with Gasteiger partial charge in [-0.25, -0.2) is 4.79 Å². The Morgan fingerprint density at radius 1 is 0.750 bits per heavy atom. The van der Waals surface area contributed by atoms with Crippen LogP contribution in [0.3, 0.4) is 0 Å². The Balaban J connectivity index is 5.50. The van der Waals surface area contributed by atoms with Crippen LogP contribution in [0.4, 0.5) is 0 Å². The van der Waals surface area contributed by atoms with Crippen molar-refractivity contribution in [1.29, 1.82) is 0 Å². The van der Waals surface area contributed by atoms with Gasteiger partial charge in [0, 0.05) is 12.8 Å². The molecular formula is C22H40N6O8. The zero-order valence-corrected chi connectivity index (χ0v) is 20.8. The first-order valence-electron chi connectivity index (χ1n) is 11.9. The highest BCUT2D eigenvalue weighted by Gasteiger charge is 2.30. The molecule has 14 heteroatoms. The van der Waals surface area contributed by atoms with Gasteiger partial charge >= 0.3 is 11.9 Å². The molecule has 0 fully saturated rings. The molecule has 206 valence electrons. The number of nitrogens with one attached hydrogen (secondary N) is 3. The Bertz CT molecular complexity index is 776. The first-order valence-corrected chi connectivity index (χ1v) is 11.9. The van der Waals surface area contributed by atoms with Crippen LogP contribution in [0.5, 0.6) is 0 Å². The summed E-state index contributed by atoms with van der Waals surface area (Å²) in [5.74, 6) is -5.43. The van der Waals surface area contributed by atoms with Crippen molar-refractivity contribution in [2.24, 2.45) is 23.1 Å². The van der Waals surface area contributed by atoms with Crippen molar-refractivity contribution < 1.29 is 39.0 Å². The molecule has 0 radical (unpaired) electrons. The van der Waals surface area contributed by atoms with Crippen molar-refractivity contribution in [3.05, 3.63) is 0 Å². The highest BCUT2D eigenvalue weighted by atomic mass is 16.4. The lowest BCUT2D eigenvalue weighted by molar-refractivity contribution is -0.143. The third-order valence-electron chi connectivity index (χ3n) is 5.22. The maximum Gasteiger partial charge on any atom is 0.326 e. The number of hydrogen-bond donors (Lipinski definition) is 8. The standard InChI is InChI=1S/C22H40N6O8/c1-12(2)11-16(21(34)27-15(22(35)36)7-8-17(25)29)28-20(33)14(5-3-4-10-23)26-19(32)13(24)6-9-18(30)31/h12-16H,3-11,23-24H2,1-2H3,(H2,25,29)(H,26,32)(H,27,34)(H,28,33)(H,30,31)(H,35,36). The lowest BCUT2D eigenvalue weighted by Crippen LogP contribution is -2.57. The fraction of sp³-hybridized carbons (Fsp3) is 0.727. The quantitative estimate of drug-likeness (QED) is 0.0889. The lowest BCUT2D eigenvalue weighted by atomic mass is 10.0. The minimum atomic E-state index is -1.39. The Morgan fingerprint density at radius 3 is 1.81 bits per heavy atom. The van der Waals surface area contributed by atoms with Gasteiger partial charge in [-0.15, -0.1) is 0 Å². The van der Waals surface area contributed by atoms with E-state index < -0.39 is 59.7 Å². The Morgan fingerprint density at radius 2 is 1.31 bits per heavy atom. The number of primary amides is 1. The minimum Gasteiger partial charge on any atom is -0.481 e. The van der Waals surface area contributed by atoms with E-state index in [0.29, 0.717) is 19.4 Å². The monoisotopic (exact) mass is 516 g/mol. The number of carboxylic acids is 2. The van der Waals surface area contributed by atoms with Crippen LogP contribution < -0.4 is 33.2 Å². The molecular weight excluding hydrogens is 476 g/mol. The molecule has 0 aliphatic rings. The van der Waals surface area contributed by atoms with Crippen LogP contribution in [-0.2, 0) is 28.8 Å². The second-order valence-corrected chi connectivity index (χ2v) is 8.98. The van der Waals surface area contributed by atoms with Crippen LogP contribution in [0, 0.1) is 5.92 Å². The largest absolute Gasteiger partial charge is 0.481 e. The molecule has 0 rings (SSSR count). The summed E-state index contributed by atoms with van der Waals surface area (Å²) < 4.78 is 0. The molecule has 0 aromatic carbocycles. The van der Waals surface area contributed by atoms with Gasteiger partial charge < -0.3 is 43.4 Å². The SMILES string of the molecule is CC(C)CC(NC(=O)C(CCCCN)NC(=O)C(N)CCC(=O)O)C(=O)NC(CCC(N)=O)C(=O)O. The maximum absolute atomic E-state index is 13.0. The molecule has 0 aliphatic heterocycles. The van der Waals surface area contributed by atoms with Crippen LogP contribution >= 0.6 is 0 Å². The van der Waals surface area contributed by atoms with Crippen LogP contribution in [0.1, 0.15) is 65.2 Å². The highest BCUT2D eigenvalue weighted by Crippen LogP contribution is 2.09. The second kappa shape index (κ2) is 17.2. The average molecular weight is 517 g/mol. The summed E-state index contributed by atoms with van der Waals surface area (Å²) in [6.07, 6.45) is 0.484. The van der Waals surface area contributed by atoms with Crippen LogP contribution in [0.25, 0.3) is 0 Å². The molecule has 0 heterocycles. The summed E-state index contributed by atoms with van der Waals surface area (Å²) in [5.41, 5.74) is 16.3.